The van der Waals surface area contributed by atoms with Crippen LogP contribution in [0.2, 0.25) is 0 Å². The number of carbonyl (C=O) groups excluding carboxylic acids is 1. The van der Waals surface area contributed by atoms with Gasteiger partial charge in [-0.1, -0.05) is 29.0 Å². The smallest absolute Gasteiger partial charge is 0.233 e. The number of aryl methyl sites for hydroxylation is 1. The number of thioether (sulfide) groups is 1. The summed E-state index contributed by atoms with van der Waals surface area (Å²) in [5, 5.41) is 0.667. The van der Waals surface area contributed by atoms with Crippen LogP contribution in [0.1, 0.15) is 5.56 Å². The fourth-order valence-corrected chi connectivity index (χ4v) is 4.96. The van der Waals surface area contributed by atoms with Gasteiger partial charge >= 0.3 is 0 Å². The van der Waals surface area contributed by atoms with Crippen LogP contribution in [0.15, 0.2) is 41.3 Å². The monoisotopic (exact) mass is 419 g/mol. The number of nitrogens with zero attached hydrogens (tertiary/aromatic N) is 3. The Morgan fingerprint density at radius 2 is 1.86 bits per heavy atom. The lowest BCUT2D eigenvalue weighted by Gasteiger charge is -2.34. The fourth-order valence-electron chi connectivity index (χ4n) is 3.10. The second-order valence-electron chi connectivity index (χ2n) is 6.70. The van der Waals surface area contributed by atoms with Crippen LogP contribution in [0.3, 0.4) is 0 Å². The highest BCUT2D eigenvalue weighted by Crippen LogP contribution is 2.31. The number of hydrogen-bond donors (Lipinski definition) is 0. The first-order chi connectivity index (χ1) is 13.5. The van der Waals surface area contributed by atoms with Gasteiger partial charge < -0.3 is 9.80 Å². The Balaban J connectivity index is 1.34. The minimum absolute atomic E-state index is 0.114. The van der Waals surface area contributed by atoms with Crippen LogP contribution in [0.4, 0.5) is 13.9 Å². The first-order valence-electron chi connectivity index (χ1n) is 8.97. The molecule has 8 heteroatoms. The van der Waals surface area contributed by atoms with Crippen molar-refractivity contribution >= 4 is 44.4 Å². The van der Waals surface area contributed by atoms with Crippen molar-refractivity contribution in [2.45, 2.75) is 11.8 Å². The molecule has 4 rings (SSSR count). The molecule has 0 N–H and O–H groups in total. The first-order valence-corrected chi connectivity index (χ1v) is 10.8. The molecule has 4 nitrogen and oxygen atoms in total. The lowest BCUT2D eigenvalue weighted by atomic mass is 10.2. The van der Waals surface area contributed by atoms with Crippen LogP contribution in [0.25, 0.3) is 10.2 Å². The van der Waals surface area contributed by atoms with Crippen molar-refractivity contribution in [2.75, 3.05) is 36.8 Å². The molecule has 0 spiro atoms. The summed E-state index contributed by atoms with van der Waals surface area (Å²) < 4.78 is 27.8. The topological polar surface area (TPSA) is 36.4 Å². The molecule has 1 aliphatic heterocycles. The average Bonchev–Trinajstić information content (AvgIpc) is 3.12. The van der Waals surface area contributed by atoms with E-state index in [0.717, 1.165) is 11.0 Å². The summed E-state index contributed by atoms with van der Waals surface area (Å²) in [5.41, 5.74) is 1.40. The molecule has 0 saturated carbocycles. The first kappa shape index (κ1) is 19.1. The van der Waals surface area contributed by atoms with Gasteiger partial charge in [-0.25, -0.2) is 13.8 Å². The molecule has 2 aromatic carbocycles. The number of amides is 1. The number of fused-ring (bicyclic) bond motifs is 1. The van der Waals surface area contributed by atoms with E-state index in [2.05, 4.69) is 4.98 Å². The van der Waals surface area contributed by atoms with Gasteiger partial charge in [0.2, 0.25) is 5.91 Å². The molecule has 0 bridgehead atoms. The number of anilines is 1. The normalized spacial score (nSPS) is 14.7. The van der Waals surface area contributed by atoms with E-state index in [0.29, 0.717) is 41.8 Å². The molecule has 2 heterocycles. The van der Waals surface area contributed by atoms with Crippen molar-refractivity contribution in [2.24, 2.45) is 0 Å². The second-order valence-corrected chi connectivity index (χ2v) is 8.76. The van der Waals surface area contributed by atoms with Crippen LogP contribution >= 0.6 is 23.1 Å². The van der Waals surface area contributed by atoms with Gasteiger partial charge in [-0.2, -0.15) is 0 Å². The van der Waals surface area contributed by atoms with Gasteiger partial charge in [0.25, 0.3) is 0 Å². The molecule has 1 saturated heterocycles. The molecule has 1 aromatic heterocycles. The third-order valence-corrected chi connectivity index (χ3v) is 6.75. The molecule has 1 fully saturated rings. The Kier molecular flexibility index (Phi) is 5.50. The van der Waals surface area contributed by atoms with Crippen molar-refractivity contribution in [3.63, 3.8) is 0 Å². The Morgan fingerprint density at radius 3 is 2.57 bits per heavy atom. The average molecular weight is 420 g/mol. The lowest BCUT2D eigenvalue weighted by Crippen LogP contribution is -2.49. The number of hydrogen-bond acceptors (Lipinski definition) is 5. The zero-order chi connectivity index (χ0) is 19.7. The van der Waals surface area contributed by atoms with E-state index in [1.165, 1.54) is 23.0 Å². The van der Waals surface area contributed by atoms with Crippen LogP contribution in [-0.4, -0.2) is 47.7 Å². The SMILES string of the molecule is Cc1ccc(SCC(=O)N2CCN(c3nc4c(F)cc(F)cc4s3)CC2)cc1. The number of benzene rings is 2. The number of aromatic nitrogens is 1. The van der Waals surface area contributed by atoms with Gasteiger partial charge in [-0.3, -0.25) is 4.79 Å². The molecule has 0 unspecified atom stereocenters. The molecule has 1 aliphatic rings. The maximum atomic E-state index is 13.9. The largest absolute Gasteiger partial charge is 0.345 e. The minimum Gasteiger partial charge on any atom is -0.345 e. The van der Waals surface area contributed by atoms with Crippen molar-refractivity contribution in [1.82, 2.24) is 9.88 Å². The molecular formula is C20H19F2N3OS2. The van der Waals surface area contributed by atoms with Gasteiger partial charge in [0.1, 0.15) is 11.3 Å². The Hall–Kier alpha value is -2.19. The van der Waals surface area contributed by atoms with Crippen molar-refractivity contribution in [3.05, 3.63) is 53.6 Å². The predicted octanol–water partition coefficient (Wildman–Crippen LogP) is 4.32. The van der Waals surface area contributed by atoms with Crippen molar-refractivity contribution < 1.29 is 13.6 Å². The summed E-state index contributed by atoms with van der Waals surface area (Å²) in [6.45, 7) is 4.49. The van der Waals surface area contributed by atoms with Crippen molar-refractivity contribution in [1.29, 1.82) is 0 Å². The van der Waals surface area contributed by atoms with Crippen LogP contribution < -0.4 is 4.90 Å². The van der Waals surface area contributed by atoms with E-state index in [4.69, 9.17) is 0 Å². The predicted molar refractivity (Wildman–Crippen MR) is 110 cm³/mol. The standard InChI is InChI=1S/C20H19F2N3OS2/c1-13-2-4-15(5-3-13)27-12-18(26)24-6-8-25(9-7-24)20-23-19-16(22)10-14(21)11-17(19)28-20/h2-5,10-11H,6-9,12H2,1H3. The summed E-state index contributed by atoms with van der Waals surface area (Å²) in [6.07, 6.45) is 0. The second kappa shape index (κ2) is 8.05. The van der Waals surface area contributed by atoms with Crippen molar-refractivity contribution in [3.8, 4) is 0 Å². The molecule has 3 aromatic rings. The number of halogens is 2. The highest BCUT2D eigenvalue weighted by atomic mass is 32.2. The summed E-state index contributed by atoms with van der Waals surface area (Å²) in [7, 11) is 0. The third kappa shape index (κ3) is 4.12. The highest BCUT2D eigenvalue weighted by Gasteiger charge is 2.23. The number of carbonyl (C=O) groups is 1. The van der Waals surface area contributed by atoms with Crippen LogP contribution in [0.5, 0.6) is 0 Å². The summed E-state index contributed by atoms with van der Waals surface area (Å²) in [5.74, 6) is -0.710. The summed E-state index contributed by atoms with van der Waals surface area (Å²) in [6, 6.07) is 10.3. The van der Waals surface area contributed by atoms with E-state index in [1.54, 1.807) is 11.8 Å². The molecule has 146 valence electrons. The quantitative estimate of drug-likeness (QED) is 0.590. The number of rotatable bonds is 4. The molecule has 0 atom stereocenters. The van der Waals surface area contributed by atoms with Gasteiger partial charge in [-0.15, -0.1) is 11.8 Å². The van der Waals surface area contributed by atoms with E-state index in [1.807, 2.05) is 41.0 Å². The summed E-state index contributed by atoms with van der Waals surface area (Å²) in [4.78, 5) is 21.8. The lowest BCUT2D eigenvalue weighted by molar-refractivity contribution is -0.128. The Labute approximate surface area is 170 Å². The molecule has 0 aliphatic carbocycles. The molecule has 28 heavy (non-hydrogen) atoms. The molecule has 1 amide bonds. The van der Waals surface area contributed by atoms with Crippen LogP contribution in [-0.2, 0) is 4.79 Å². The van der Waals surface area contributed by atoms with Crippen LogP contribution in [0, 0.1) is 18.6 Å². The zero-order valence-electron chi connectivity index (χ0n) is 15.3. The maximum Gasteiger partial charge on any atom is 0.233 e. The Bertz CT molecular complexity index is 999. The maximum absolute atomic E-state index is 13.9. The number of thiazole rings is 1. The molecule has 0 radical (unpaired) electrons. The Morgan fingerprint density at radius 1 is 1.14 bits per heavy atom. The van der Waals surface area contributed by atoms with E-state index >= 15 is 0 Å². The summed E-state index contributed by atoms with van der Waals surface area (Å²) >= 11 is 2.82. The van der Waals surface area contributed by atoms with E-state index in [-0.39, 0.29) is 11.4 Å². The zero-order valence-corrected chi connectivity index (χ0v) is 17.0. The van der Waals surface area contributed by atoms with Gasteiger partial charge in [0, 0.05) is 37.1 Å². The highest BCUT2D eigenvalue weighted by molar-refractivity contribution is 8.00. The van der Waals surface area contributed by atoms with Gasteiger partial charge in [0.15, 0.2) is 10.9 Å². The molecular weight excluding hydrogens is 400 g/mol. The number of piperazine rings is 1. The van der Waals surface area contributed by atoms with E-state index < -0.39 is 11.6 Å². The fraction of sp³-hybridized carbons (Fsp3) is 0.300. The third-order valence-electron chi connectivity index (χ3n) is 4.69. The van der Waals surface area contributed by atoms with Gasteiger partial charge in [0.05, 0.1) is 10.5 Å². The van der Waals surface area contributed by atoms with Gasteiger partial charge in [-0.05, 0) is 25.1 Å². The minimum atomic E-state index is -0.639. The van der Waals surface area contributed by atoms with E-state index in [9.17, 15) is 13.6 Å².